The Hall–Kier alpha value is -3.39. The lowest BCUT2D eigenvalue weighted by molar-refractivity contribution is -0.149. The van der Waals surface area contributed by atoms with Crippen LogP contribution in [-0.2, 0) is 22.4 Å². The van der Waals surface area contributed by atoms with E-state index in [1.807, 2.05) is 52.8 Å². The Morgan fingerprint density at radius 3 is 2.60 bits per heavy atom. The fourth-order valence-corrected chi connectivity index (χ4v) is 4.09. The number of amides is 1. The number of carbonyl (C=O) groups excluding carboxylic acids is 1. The molecule has 1 aromatic heterocycles. The molecule has 2 heterocycles. The molecule has 1 amide bonds. The number of carboxylic acid groups (broad SMARTS) is 1. The summed E-state index contributed by atoms with van der Waals surface area (Å²) >= 11 is 0. The van der Waals surface area contributed by atoms with E-state index in [9.17, 15) is 14.7 Å². The molecule has 0 spiro atoms. The van der Waals surface area contributed by atoms with Gasteiger partial charge in [0.2, 0.25) is 11.8 Å². The van der Waals surface area contributed by atoms with Crippen LogP contribution in [0.2, 0.25) is 0 Å². The van der Waals surface area contributed by atoms with Gasteiger partial charge in [-0.3, -0.25) is 4.79 Å². The van der Waals surface area contributed by atoms with Crippen LogP contribution in [0.5, 0.6) is 5.75 Å². The van der Waals surface area contributed by atoms with Crippen LogP contribution in [0.15, 0.2) is 40.8 Å². The van der Waals surface area contributed by atoms with Crippen LogP contribution in [0.1, 0.15) is 95.3 Å². The summed E-state index contributed by atoms with van der Waals surface area (Å²) < 4.78 is 11.7. The Kier molecular flexibility index (Phi) is 12.6. The van der Waals surface area contributed by atoms with Crippen molar-refractivity contribution in [3.8, 4) is 5.75 Å². The van der Waals surface area contributed by atoms with Crippen molar-refractivity contribution in [1.29, 1.82) is 0 Å². The van der Waals surface area contributed by atoms with E-state index in [4.69, 9.17) is 14.9 Å². The number of nitrogens with two attached hydrogens (primary N) is 1. The summed E-state index contributed by atoms with van der Waals surface area (Å²) in [5.41, 5.74) is 7.73. The molecule has 1 atom stereocenters. The Morgan fingerprint density at radius 1 is 1.27 bits per heavy atom. The minimum Gasteiger partial charge on any atom is -0.493 e. The highest BCUT2D eigenvalue weighted by Gasteiger charge is 2.35. The topological polar surface area (TPSA) is 119 Å². The number of hydrogen-bond acceptors (Lipinski definition) is 6. The smallest absolute Gasteiger partial charge is 0.331 e. The lowest BCUT2D eigenvalue weighted by atomic mass is 9.92. The zero-order chi connectivity index (χ0) is 29.9. The Balaban J connectivity index is 0.00000103. The van der Waals surface area contributed by atoms with Crippen molar-refractivity contribution in [2.24, 2.45) is 11.7 Å². The molecular formula is C32H47N3O5. The number of hydrogen-bond donors (Lipinski definition) is 2. The molecule has 2 aromatic rings. The van der Waals surface area contributed by atoms with Gasteiger partial charge in [0.15, 0.2) is 6.04 Å². The van der Waals surface area contributed by atoms with E-state index in [2.05, 4.69) is 24.9 Å². The van der Waals surface area contributed by atoms with E-state index in [0.717, 1.165) is 36.3 Å². The van der Waals surface area contributed by atoms with Gasteiger partial charge in [0, 0.05) is 18.5 Å². The van der Waals surface area contributed by atoms with Gasteiger partial charge >= 0.3 is 5.97 Å². The molecule has 0 saturated heterocycles. The minimum absolute atomic E-state index is 0. The van der Waals surface area contributed by atoms with E-state index in [-0.39, 0.29) is 11.4 Å². The Labute approximate surface area is 239 Å². The van der Waals surface area contributed by atoms with Gasteiger partial charge in [-0.25, -0.2) is 9.78 Å². The molecule has 0 radical (unpaired) electrons. The molecule has 1 aliphatic heterocycles. The molecule has 8 nitrogen and oxygen atoms in total. The van der Waals surface area contributed by atoms with Crippen molar-refractivity contribution in [1.82, 2.24) is 9.88 Å². The first kappa shape index (κ1) is 32.8. The summed E-state index contributed by atoms with van der Waals surface area (Å²) in [7, 11) is 0. The summed E-state index contributed by atoms with van der Waals surface area (Å²) in [6.45, 7) is 14.9. The van der Waals surface area contributed by atoms with Crippen molar-refractivity contribution in [3.63, 3.8) is 0 Å². The van der Waals surface area contributed by atoms with Crippen LogP contribution in [0.25, 0.3) is 6.08 Å². The number of carbonyl (C=O) groups is 2. The summed E-state index contributed by atoms with van der Waals surface area (Å²) in [6, 6.07) is 4.47. The number of ether oxygens (including phenoxy) is 1. The number of rotatable bonds is 11. The average Bonchev–Trinajstić information content (AvgIpc) is 3.20. The van der Waals surface area contributed by atoms with Crippen molar-refractivity contribution in [3.05, 3.63) is 64.9 Å². The molecule has 220 valence electrons. The van der Waals surface area contributed by atoms with E-state index >= 15 is 0 Å². The van der Waals surface area contributed by atoms with Crippen molar-refractivity contribution < 1.29 is 23.8 Å². The van der Waals surface area contributed by atoms with Crippen LogP contribution >= 0.6 is 0 Å². The largest absolute Gasteiger partial charge is 0.493 e. The lowest BCUT2D eigenvalue weighted by Crippen LogP contribution is -2.42. The van der Waals surface area contributed by atoms with Crippen LogP contribution in [0.3, 0.4) is 0 Å². The van der Waals surface area contributed by atoms with Gasteiger partial charge in [-0.05, 0) is 88.3 Å². The number of fused-ring (bicyclic) bond motifs is 1. The molecule has 40 heavy (non-hydrogen) atoms. The van der Waals surface area contributed by atoms with Crippen LogP contribution < -0.4 is 10.5 Å². The second-order valence-electron chi connectivity index (χ2n) is 11.6. The second-order valence-corrected chi connectivity index (χ2v) is 11.6. The number of unbranched alkanes of at least 4 members (excludes halogenated alkanes) is 1. The fraction of sp³-hybridized carbons (Fsp3) is 0.531. The molecule has 1 aromatic carbocycles. The van der Waals surface area contributed by atoms with Gasteiger partial charge in [-0.1, -0.05) is 45.4 Å². The van der Waals surface area contributed by atoms with E-state index in [0.29, 0.717) is 49.1 Å². The normalized spacial score (nSPS) is 15.3. The first-order valence-corrected chi connectivity index (χ1v) is 14.2. The van der Waals surface area contributed by atoms with Gasteiger partial charge in [-0.15, -0.1) is 0 Å². The van der Waals surface area contributed by atoms with Gasteiger partial charge in [0.25, 0.3) is 0 Å². The van der Waals surface area contributed by atoms with Crippen molar-refractivity contribution >= 4 is 18.0 Å². The second kappa shape index (κ2) is 15.4. The molecule has 0 saturated carbocycles. The van der Waals surface area contributed by atoms with E-state index < -0.39 is 12.0 Å². The number of aromatic nitrogens is 1. The molecule has 8 heteroatoms. The maximum atomic E-state index is 12.7. The number of benzene rings is 1. The summed E-state index contributed by atoms with van der Waals surface area (Å²) in [5.74, 6) is 1.19. The number of nitrogens with zero attached hydrogens (tertiary/aromatic N) is 2. The lowest BCUT2D eigenvalue weighted by Gasteiger charge is -2.34. The predicted molar refractivity (Wildman–Crippen MR) is 159 cm³/mol. The van der Waals surface area contributed by atoms with Gasteiger partial charge in [0.1, 0.15) is 11.5 Å². The molecular weight excluding hydrogens is 506 g/mol. The molecule has 3 N–H and O–H groups in total. The van der Waals surface area contributed by atoms with Crippen LogP contribution in [0.4, 0.5) is 0 Å². The van der Waals surface area contributed by atoms with Crippen molar-refractivity contribution in [2.45, 2.75) is 92.2 Å². The number of carboxylic acids is 1. The third-order valence-electron chi connectivity index (χ3n) is 5.96. The van der Waals surface area contributed by atoms with Crippen LogP contribution in [0, 0.1) is 12.8 Å². The minimum atomic E-state index is -1.04. The molecule has 0 fully saturated rings. The zero-order valence-corrected chi connectivity index (χ0v) is 25.2. The first-order chi connectivity index (χ1) is 18.8. The third-order valence-corrected chi connectivity index (χ3v) is 5.96. The quantitative estimate of drug-likeness (QED) is 0.315. The molecule has 3 rings (SSSR count). The fourth-order valence-electron chi connectivity index (χ4n) is 4.09. The molecule has 1 unspecified atom stereocenters. The highest BCUT2D eigenvalue weighted by molar-refractivity contribution is 5.92. The third kappa shape index (κ3) is 11.0. The summed E-state index contributed by atoms with van der Waals surface area (Å²) in [4.78, 5) is 30.8. The molecule has 1 aliphatic rings. The SMILES string of the molecule is CC(C)(C)N.CCCC=CC(=O)N1CCc2ccc(OCCc3nc(/C=C/CC(C)C)oc3C)cc2C1C(=O)O. The zero-order valence-electron chi connectivity index (χ0n) is 25.2. The van der Waals surface area contributed by atoms with Crippen molar-refractivity contribution in [2.75, 3.05) is 13.2 Å². The van der Waals surface area contributed by atoms with Crippen LogP contribution in [-0.4, -0.2) is 45.6 Å². The first-order valence-electron chi connectivity index (χ1n) is 14.2. The number of oxazole rings is 1. The predicted octanol–water partition coefficient (Wildman–Crippen LogP) is 6.27. The number of aryl methyl sites for hydroxylation is 1. The highest BCUT2D eigenvalue weighted by Crippen LogP contribution is 2.33. The Morgan fingerprint density at radius 2 is 1.98 bits per heavy atom. The van der Waals surface area contributed by atoms with E-state index in [1.54, 1.807) is 12.1 Å². The van der Waals surface area contributed by atoms with Gasteiger partial charge < -0.3 is 24.9 Å². The summed E-state index contributed by atoms with van der Waals surface area (Å²) in [6.07, 6.45) is 11.1. The monoisotopic (exact) mass is 553 g/mol. The van der Waals surface area contributed by atoms with E-state index in [1.165, 1.54) is 11.0 Å². The maximum absolute atomic E-state index is 12.7. The van der Waals surface area contributed by atoms with Gasteiger partial charge in [0.05, 0.1) is 12.3 Å². The summed E-state index contributed by atoms with van der Waals surface area (Å²) in [5, 5.41) is 9.93. The highest BCUT2D eigenvalue weighted by atomic mass is 16.5. The number of aliphatic carboxylic acids is 1. The molecule has 0 bridgehead atoms. The Bertz CT molecular complexity index is 1170. The molecule has 0 aliphatic carbocycles. The maximum Gasteiger partial charge on any atom is 0.331 e. The standard InChI is InChI=1S/C28H36N2O5.C4H11N/c1-5-6-7-11-26(31)30-16-14-21-12-13-22(18-23(21)27(30)28(32)33)34-17-15-24-20(4)35-25(29-24)10-8-9-19(2)3;1-4(2,3)5/h7-8,10-13,18-19,27H,5-6,9,14-17H2,1-4H3,(H,32,33);5H2,1-3H3/b10-8+,11-7?;. The average molecular weight is 554 g/mol. The number of allylic oxidation sites excluding steroid dienone is 2. The van der Waals surface area contributed by atoms with Gasteiger partial charge in [-0.2, -0.15) is 0 Å².